The fourth-order valence-electron chi connectivity index (χ4n) is 1.80. The molecule has 4 heteroatoms. The Morgan fingerprint density at radius 2 is 1.63 bits per heavy atom. The van der Waals surface area contributed by atoms with Gasteiger partial charge in [0.25, 0.3) is 0 Å². The van der Waals surface area contributed by atoms with Crippen molar-refractivity contribution in [1.29, 1.82) is 0 Å². The third-order valence-electron chi connectivity index (χ3n) is 2.83. The lowest BCUT2D eigenvalue weighted by Crippen LogP contribution is -2.14. The van der Waals surface area contributed by atoms with Gasteiger partial charge in [0.1, 0.15) is 17.2 Å². The Hall–Kier alpha value is -2.20. The Labute approximate surface area is 111 Å². The van der Waals surface area contributed by atoms with Crippen LogP contribution in [-0.4, -0.2) is 28.5 Å². The second-order valence-corrected chi connectivity index (χ2v) is 4.28. The van der Waals surface area contributed by atoms with E-state index in [1.54, 1.807) is 36.4 Å². The summed E-state index contributed by atoms with van der Waals surface area (Å²) >= 11 is 0. The number of benzene rings is 2. The molecule has 0 heterocycles. The third-order valence-corrected chi connectivity index (χ3v) is 2.83. The van der Waals surface area contributed by atoms with E-state index < -0.39 is 0 Å². The van der Waals surface area contributed by atoms with Gasteiger partial charge in [-0.2, -0.15) is 0 Å². The van der Waals surface area contributed by atoms with Crippen molar-refractivity contribution in [3.63, 3.8) is 0 Å². The van der Waals surface area contributed by atoms with Crippen LogP contribution < -0.4 is 4.74 Å². The fraction of sp³-hybridized carbons (Fsp3) is 0.200. The normalized spacial score (nSPS) is 12.1. The van der Waals surface area contributed by atoms with E-state index in [1.165, 1.54) is 6.07 Å². The van der Waals surface area contributed by atoms with E-state index in [1.807, 2.05) is 6.07 Å². The first-order valence-electron chi connectivity index (χ1n) is 6.00. The number of rotatable bonds is 5. The number of aliphatic hydroxyl groups excluding tert-OH is 1. The zero-order valence-corrected chi connectivity index (χ0v) is 10.4. The first-order valence-corrected chi connectivity index (χ1v) is 6.00. The summed E-state index contributed by atoms with van der Waals surface area (Å²) in [4.78, 5) is 0. The van der Waals surface area contributed by atoms with Crippen molar-refractivity contribution in [2.75, 3.05) is 13.2 Å². The number of phenols is 2. The van der Waals surface area contributed by atoms with Gasteiger partial charge >= 0.3 is 0 Å². The van der Waals surface area contributed by atoms with E-state index in [4.69, 9.17) is 4.74 Å². The van der Waals surface area contributed by atoms with Crippen LogP contribution in [0.1, 0.15) is 11.5 Å². The van der Waals surface area contributed by atoms with Gasteiger partial charge in [-0.3, -0.25) is 0 Å². The van der Waals surface area contributed by atoms with Crippen molar-refractivity contribution in [1.82, 2.24) is 0 Å². The molecule has 100 valence electrons. The molecule has 3 N–H and O–H groups in total. The summed E-state index contributed by atoms with van der Waals surface area (Å²) in [5, 5.41) is 28.1. The van der Waals surface area contributed by atoms with Gasteiger partial charge in [0, 0.05) is 12.0 Å². The van der Waals surface area contributed by atoms with Gasteiger partial charge in [-0.15, -0.1) is 0 Å². The van der Waals surface area contributed by atoms with Crippen LogP contribution in [0.15, 0.2) is 48.5 Å². The van der Waals surface area contributed by atoms with E-state index >= 15 is 0 Å². The van der Waals surface area contributed by atoms with Gasteiger partial charge in [0.2, 0.25) is 0 Å². The molecule has 0 aliphatic rings. The zero-order valence-electron chi connectivity index (χ0n) is 10.4. The van der Waals surface area contributed by atoms with E-state index in [2.05, 4.69) is 0 Å². The van der Waals surface area contributed by atoms with E-state index in [0.29, 0.717) is 5.75 Å². The highest BCUT2D eigenvalue weighted by atomic mass is 16.5. The summed E-state index contributed by atoms with van der Waals surface area (Å²) in [7, 11) is 0. The van der Waals surface area contributed by atoms with Crippen molar-refractivity contribution in [2.45, 2.75) is 5.92 Å². The van der Waals surface area contributed by atoms with Crippen LogP contribution in [-0.2, 0) is 0 Å². The molecule has 0 aliphatic carbocycles. The van der Waals surface area contributed by atoms with E-state index in [-0.39, 0.29) is 30.6 Å². The maximum absolute atomic E-state index is 9.42. The van der Waals surface area contributed by atoms with Crippen molar-refractivity contribution < 1.29 is 20.1 Å². The molecule has 0 bridgehead atoms. The average Bonchev–Trinajstić information content (AvgIpc) is 2.40. The minimum absolute atomic E-state index is 0.0811. The molecule has 0 amide bonds. The van der Waals surface area contributed by atoms with Crippen LogP contribution in [0.5, 0.6) is 17.2 Å². The smallest absolute Gasteiger partial charge is 0.123 e. The highest BCUT2D eigenvalue weighted by Gasteiger charge is 2.12. The quantitative estimate of drug-likeness (QED) is 0.771. The van der Waals surface area contributed by atoms with Crippen LogP contribution in [0.4, 0.5) is 0 Å². The van der Waals surface area contributed by atoms with Crippen molar-refractivity contribution in [3.05, 3.63) is 54.1 Å². The van der Waals surface area contributed by atoms with Crippen LogP contribution in [0.2, 0.25) is 0 Å². The number of hydrogen-bond acceptors (Lipinski definition) is 4. The van der Waals surface area contributed by atoms with Crippen LogP contribution in [0.3, 0.4) is 0 Å². The molecule has 0 aromatic heterocycles. The summed E-state index contributed by atoms with van der Waals surface area (Å²) < 4.78 is 5.53. The Balaban J connectivity index is 2.04. The molecule has 1 atom stereocenters. The van der Waals surface area contributed by atoms with Gasteiger partial charge in [0.05, 0.1) is 13.2 Å². The highest BCUT2D eigenvalue weighted by molar-refractivity contribution is 5.33. The molecule has 0 saturated heterocycles. The van der Waals surface area contributed by atoms with Gasteiger partial charge in [0.15, 0.2) is 0 Å². The number of aromatic hydroxyl groups is 2. The minimum Gasteiger partial charge on any atom is -0.508 e. The molecule has 0 spiro atoms. The molecule has 0 saturated carbocycles. The molecule has 2 aromatic rings. The topological polar surface area (TPSA) is 69.9 Å². The number of aliphatic hydroxyl groups is 1. The highest BCUT2D eigenvalue weighted by Crippen LogP contribution is 2.23. The molecule has 1 unspecified atom stereocenters. The van der Waals surface area contributed by atoms with E-state index in [9.17, 15) is 15.3 Å². The second-order valence-electron chi connectivity index (χ2n) is 4.28. The molecular weight excluding hydrogens is 244 g/mol. The Bertz CT molecular complexity index is 539. The van der Waals surface area contributed by atoms with Crippen LogP contribution in [0.25, 0.3) is 0 Å². The van der Waals surface area contributed by atoms with Crippen molar-refractivity contribution in [2.24, 2.45) is 0 Å². The molecule has 0 aliphatic heterocycles. The number of hydrogen-bond donors (Lipinski definition) is 3. The monoisotopic (exact) mass is 260 g/mol. The van der Waals surface area contributed by atoms with Crippen molar-refractivity contribution in [3.8, 4) is 17.2 Å². The Morgan fingerprint density at radius 1 is 0.947 bits per heavy atom. The molecule has 2 rings (SSSR count). The average molecular weight is 260 g/mol. The molecule has 4 nitrogen and oxygen atoms in total. The summed E-state index contributed by atoms with van der Waals surface area (Å²) in [6.07, 6.45) is 0. The third kappa shape index (κ3) is 3.63. The lowest BCUT2D eigenvalue weighted by atomic mass is 10.0. The molecular formula is C15H16O4. The largest absolute Gasteiger partial charge is 0.508 e. The van der Waals surface area contributed by atoms with Crippen LogP contribution in [0, 0.1) is 0 Å². The van der Waals surface area contributed by atoms with Crippen LogP contribution >= 0.6 is 0 Å². The SMILES string of the molecule is OCC(COc1cccc(O)c1)c1cccc(O)c1. The lowest BCUT2D eigenvalue weighted by Gasteiger charge is -2.16. The molecule has 0 fully saturated rings. The summed E-state index contributed by atoms with van der Waals surface area (Å²) in [6, 6.07) is 13.2. The number of phenolic OH excluding ortho intramolecular Hbond substituents is 2. The summed E-state index contributed by atoms with van der Waals surface area (Å²) in [5.74, 6) is 0.608. The van der Waals surface area contributed by atoms with Crippen molar-refractivity contribution >= 4 is 0 Å². The predicted molar refractivity (Wildman–Crippen MR) is 71.5 cm³/mol. The lowest BCUT2D eigenvalue weighted by molar-refractivity contribution is 0.204. The molecule has 19 heavy (non-hydrogen) atoms. The minimum atomic E-state index is -0.227. The Morgan fingerprint density at radius 3 is 2.26 bits per heavy atom. The summed E-state index contributed by atoms with van der Waals surface area (Å²) in [6.45, 7) is 0.186. The molecule has 0 radical (unpaired) electrons. The second kappa shape index (κ2) is 6.11. The number of ether oxygens (including phenoxy) is 1. The predicted octanol–water partition coefficient (Wildman–Crippen LogP) is 2.25. The maximum atomic E-state index is 9.42. The van der Waals surface area contributed by atoms with E-state index in [0.717, 1.165) is 5.56 Å². The van der Waals surface area contributed by atoms with Gasteiger partial charge in [-0.1, -0.05) is 18.2 Å². The Kier molecular flexibility index (Phi) is 4.26. The molecule has 2 aromatic carbocycles. The van der Waals surface area contributed by atoms with Gasteiger partial charge in [-0.25, -0.2) is 0 Å². The maximum Gasteiger partial charge on any atom is 0.123 e. The first kappa shape index (κ1) is 13.2. The van der Waals surface area contributed by atoms with Gasteiger partial charge < -0.3 is 20.1 Å². The standard InChI is InChI=1S/C15H16O4/c16-9-12(11-3-1-4-13(17)7-11)10-19-15-6-2-5-14(18)8-15/h1-8,12,16-18H,9-10H2. The zero-order chi connectivity index (χ0) is 13.7. The first-order chi connectivity index (χ1) is 9.19. The summed E-state index contributed by atoms with van der Waals surface area (Å²) in [5.41, 5.74) is 0.808. The fourth-order valence-corrected chi connectivity index (χ4v) is 1.80. The van der Waals surface area contributed by atoms with Gasteiger partial charge in [-0.05, 0) is 29.8 Å².